The smallest absolute Gasteiger partial charge is 0.358 e. The van der Waals surface area contributed by atoms with Crippen LogP contribution in [-0.4, -0.2) is 57.2 Å². The number of nitrogens with zero attached hydrogens (tertiary/aromatic N) is 1. The van der Waals surface area contributed by atoms with Crippen molar-refractivity contribution in [1.82, 2.24) is 10.3 Å². The van der Waals surface area contributed by atoms with E-state index < -0.39 is 24.0 Å². The number of carbonyl (C=O) groups excluding carboxylic acids is 3. The van der Waals surface area contributed by atoms with E-state index >= 15 is 0 Å². The molecule has 13 heteroatoms. The topological polar surface area (TPSA) is 154 Å². The van der Waals surface area contributed by atoms with Crippen molar-refractivity contribution < 1.29 is 33.3 Å². The number of aryl methyl sites for hydroxylation is 1. The van der Waals surface area contributed by atoms with Crippen molar-refractivity contribution in [2.75, 3.05) is 39.1 Å². The van der Waals surface area contributed by atoms with Crippen LogP contribution < -0.4 is 35.6 Å². The van der Waals surface area contributed by atoms with Gasteiger partial charge in [0.2, 0.25) is 23.0 Å². The third-order valence-electron chi connectivity index (χ3n) is 8.45. The molecule has 262 valence electrons. The average molecular weight is 701 g/mol. The van der Waals surface area contributed by atoms with Crippen molar-refractivity contribution in [3.63, 3.8) is 0 Å². The van der Waals surface area contributed by atoms with Crippen LogP contribution in [0.3, 0.4) is 0 Å². The summed E-state index contributed by atoms with van der Waals surface area (Å²) in [4.78, 5) is 57.6. The maximum Gasteiger partial charge on any atom is 0.358 e. The number of anilines is 2. The fourth-order valence-electron chi connectivity index (χ4n) is 6.11. The van der Waals surface area contributed by atoms with Gasteiger partial charge < -0.3 is 34.9 Å². The summed E-state index contributed by atoms with van der Waals surface area (Å²) >= 11 is 1.15. The Morgan fingerprint density at radius 1 is 0.940 bits per heavy atom. The lowest BCUT2D eigenvalue weighted by atomic mass is 9.95. The first-order valence-corrected chi connectivity index (χ1v) is 16.8. The molecule has 5 rings (SSSR count). The highest BCUT2D eigenvalue weighted by atomic mass is 32.1. The van der Waals surface area contributed by atoms with Crippen molar-refractivity contribution in [3.8, 4) is 38.8 Å². The molecule has 1 heterocycles. The SMILES string of the molecule is COC(=O)c1nc(NC(=O)C(Nc2ccc3c(cc2=O)C(NC(C)=O)CCc2cc(OC)c(OC)c(OC)c2-3)C(C)C)sc1-c1ccccc1. The summed E-state index contributed by atoms with van der Waals surface area (Å²) in [6, 6.07) is 14.7. The number of amides is 2. The van der Waals surface area contributed by atoms with Gasteiger partial charge in [-0.3, -0.25) is 14.4 Å². The zero-order chi connectivity index (χ0) is 36.1. The Balaban J connectivity index is 1.56. The lowest BCUT2D eigenvalue weighted by Crippen LogP contribution is -2.39. The first-order chi connectivity index (χ1) is 24.0. The predicted octanol–water partition coefficient (Wildman–Crippen LogP) is 5.85. The van der Waals surface area contributed by atoms with Crippen molar-refractivity contribution in [3.05, 3.63) is 81.6 Å². The minimum absolute atomic E-state index is 0.0881. The van der Waals surface area contributed by atoms with Crippen molar-refractivity contribution >= 4 is 39.9 Å². The summed E-state index contributed by atoms with van der Waals surface area (Å²) in [5, 5.41) is 9.20. The molecule has 2 amide bonds. The molecule has 0 fully saturated rings. The number of carbonyl (C=O) groups is 3. The summed E-state index contributed by atoms with van der Waals surface area (Å²) in [5.41, 5.74) is 3.51. The molecule has 50 heavy (non-hydrogen) atoms. The van der Waals surface area contributed by atoms with Gasteiger partial charge >= 0.3 is 5.97 Å². The Labute approximate surface area is 294 Å². The van der Waals surface area contributed by atoms with E-state index in [4.69, 9.17) is 18.9 Å². The maximum atomic E-state index is 13.9. The molecule has 3 aromatic carbocycles. The number of nitrogens with one attached hydrogen (secondary N) is 3. The van der Waals surface area contributed by atoms with Crippen LogP contribution in [0.15, 0.2) is 59.4 Å². The second kappa shape index (κ2) is 15.4. The van der Waals surface area contributed by atoms with Crippen LogP contribution >= 0.6 is 11.3 Å². The number of hydrogen-bond donors (Lipinski definition) is 3. The third kappa shape index (κ3) is 7.27. The molecule has 2 atom stereocenters. The summed E-state index contributed by atoms with van der Waals surface area (Å²) in [6.45, 7) is 5.14. The van der Waals surface area contributed by atoms with Gasteiger partial charge in [0.25, 0.3) is 0 Å². The quantitative estimate of drug-likeness (QED) is 0.163. The maximum absolute atomic E-state index is 13.9. The average Bonchev–Trinajstić information content (AvgIpc) is 3.38. The molecular formula is C37H40N4O8S. The van der Waals surface area contributed by atoms with Gasteiger partial charge in [-0.05, 0) is 59.2 Å². The first-order valence-electron chi connectivity index (χ1n) is 16.0. The van der Waals surface area contributed by atoms with Gasteiger partial charge in [0.05, 0.1) is 45.0 Å². The molecule has 0 spiro atoms. The summed E-state index contributed by atoms with van der Waals surface area (Å²) in [5.74, 6) is -0.253. The molecule has 3 N–H and O–H groups in total. The summed E-state index contributed by atoms with van der Waals surface area (Å²) < 4.78 is 22.1. The van der Waals surface area contributed by atoms with E-state index in [1.165, 1.54) is 34.3 Å². The number of rotatable bonds is 11. The minimum Gasteiger partial charge on any atom is -0.493 e. The van der Waals surface area contributed by atoms with Gasteiger partial charge in [-0.25, -0.2) is 9.78 Å². The fraction of sp³-hybridized carbons (Fsp3) is 0.324. The normalized spacial score (nSPS) is 14.0. The number of ether oxygens (including phenoxy) is 4. The minimum atomic E-state index is -0.868. The zero-order valence-corrected chi connectivity index (χ0v) is 29.8. The van der Waals surface area contributed by atoms with Crippen LogP contribution in [0.1, 0.15) is 54.8 Å². The van der Waals surface area contributed by atoms with Gasteiger partial charge in [0.15, 0.2) is 22.3 Å². The number of esters is 1. The van der Waals surface area contributed by atoms with Gasteiger partial charge in [-0.15, -0.1) is 0 Å². The van der Waals surface area contributed by atoms with Crippen LogP contribution in [0.5, 0.6) is 17.2 Å². The molecule has 1 aromatic heterocycles. The van der Waals surface area contributed by atoms with E-state index in [1.807, 2.05) is 50.2 Å². The van der Waals surface area contributed by atoms with Crippen molar-refractivity contribution in [1.29, 1.82) is 0 Å². The molecule has 2 unspecified atom stereocenters. The number of fused-ring (bicyclic) bond motifs is 3. The lowest BCUT2D eigenvalue weighted by molar-refractivity contribution is -0.120. The Kier molecular flexibility index (Phi) is 11.1. The van der Waals surface area contributed by atoms with E-state index in [-0.39, 0.29) is 33.8 Å². The molecule has 4 aromatic rings. The number of hydrogen-bond acceptors (Lipinski definition) is 11. The predicted molar refractivity (Wildman–Crippen MR) is 192 cm³/mol. The van der Waals surface area contributed by atoms with Gasteiger partial charge in [0.1, 0.15) is 6.04 Å². The van der Waals surface area contributed by atoms with Crippen LogP contribution in [0.4, 0.5) is 10.8 Å². The number of aromatic nitrogens is 1. The van der Waals surface area contributed by atoms with Gasteiger partial charge in [-0.2, -0.15) is 0 Å². The molecule has 0 saturated heterocycles. The highest BCUT2D eigenvalue weighted by molar-refractivity contribution is 7.19. The van der Waals surface area contributed by atoms with Crippen molar-refractivity contribution in [2.45, 2.75) is 45.7 Å². The number of benzene rings is 2. The lowest BCUT2D eigenvalue weighted by Gasteiger charge is -2.21. The second-order valence-corrected chi connectivity index (χ2v) is 13.0. The van der Waals surface area contributed by atoms with Crippen LogP contribution in [0, 0.1) is 5.92 Å². The first kappa shape index (κ1) is 35.9. The fourth-order valence-corrected chi connectivity index (χ4v) is 7.07. The highest BCUT2D eigenvalue weighted by Crippen LogP contribution is 2.50. The van der Waals surface area contributed by atoms with Crippen LogP contribution in [0.25, 0.3) is 21.6 Å². The molecule has 1 aliphatic carbocycles. The number of methoxy groups -OCH3 is 4. The molecule has 1 aliphatic rings. The molecule has 0 radical (unpaired) electrons. The van der Waals surface area contributed by atoms with E-state index in [0.717, 1.165) is 22.5 Å². The van der Waals surface area contributed by atoms with Crippen molar-refractivity contribution in [2.24, 2.45) is 5.92 Å². The second-order valence-electron chi connectivity index (χ2n) is 12.0. The zero-order valence-electron chi connectivity index (χ0n) is 29.0. The Hall–Kier alpha value is -5.43. The molecule has 12 nitrogen and oxygen atoms in total. The van der Waals surface area contributed by atoms with Gasteiger partial charge in [-0.1, -0.05) is 61.6 Å². The third-order valence-corrected chi connectivity index (χ3v) is 9.47. The van der Waals surface area contributed by atoms with E-state index in [9.17, 15) is 19.2 Å². The van der Waals surface area contributed by atoms with Gasteiger partial charge in [0, 0.05) is 12.5 Å². The van der Waals surface area contributed by atoms with Crippen LogP contribution in [-0.2, 0) is 20.7 Å². The standard InChI is InChI=1S/C37H40N4O8S/c1-19(2)30(35(44)41-37-40-31(36(45)49-7)34(50-37)21-11-9-8-10-12-21)39-26-16-14-23-24(18-27(26)43)25(38-20(3)42)15-13-22-17-28(46-4)32(47-5)33(48-6)29(22)23/h8-12,14,16-19,25,30H,13,15H2,1-7H3,(H,38,42)(H,39,43)(H,40,41,44). The van der Waals surface area contributed by atoms with E-state index in [1.54, 1.807) is 19.2 Å². The molecular weight excluding hydrogens is 660 g/mol. The summed E-state index contributed by atoms with van der Waals surface area (Å²) in [6.07, 6.45) is 1.07. The van der Waals surface area contributed by atoms with E-state index in [2.05, 4.69) is 20.9 Å². The summed E-state index contributed by atoms with van der Waals surface area (Å²) in [7, 11) is 5.88. The largest absolute Gasteiger partial charge is 0.493 e. The Bertz CT molecular complexity index is 1980. The van der Waals surface area contributed by atoms with Crippen LogP contribution in [0.2, 0.25) is 0 Å². The highest BCUT2D eigenvalue weighted by Gasteiger charge is 2.31. The number of thiazole rings is 1. The van der Waals surface area contributed by atoms with E-state index in [0.29, 0.717) is 51.7 Å². The molecule has 0 saturated carbocycles. The Morgan fingerprint density at radius 3 is 2.28 bits per heavy atom. The monoisotopic (exact) mass is 700 g/mol. The Morgan fingerprint density at radius 2 is 1.66 bits per heavy atom. The molecule has 0 bridgehead atoms. The molecule has 0 aliphatic heterocycles.